The second kappa shape index (κ2) is 6.20. The first-order valence-corrected chi connectivity index (χ1v) is 8.22. The van der Waals surface area contributed by atoms with Gasteiger partial charge in [0, 0.05) is 22.6 Å². The van der Waals surface area contributed by atoms with Gasteiger partial charge in [-0.05, 0) is 49.6 Å². The molecule has 1 saturated heterocycles. The number of halogens is 1. The van der Waals surface area contributed by atoms with E-state index in [-0.39, 0.29) is 6.04 Å². The molecule has 3 rings (SSSR count). The molecule has 0 amide bonds. The Labute approximate surface area is 134 Å². The summed E-state index contributed by atoms with van der Waals surface area (Å²) in [5, 5.41) is 10.1. The van der Waals surface area contributed by atoms with E-state index in [1.54, 1.807) is 6.07 Å². The number of rotatable bonds is 3. The topological polar surface area (TPSA) is 23.5 Å². The second-order valence-electron chi connectivity index (χ2n) is 5.77. The minimum atomic E-state index is 0.233. The molecule has 2 unspecified atom stereocenters. The van der Waals surface area contributed by atoms with Crippen LogP contribution >= 0.6 is 15.9 Å². The third-order valence-electron chi connectivity index (χ3n) is 4.48. The average molecular weight is 346 g/mol. The van der Waals surface area contributed by atoms with Gasteiger partial charge in [-0.15, -0.1) is 0 Å². The van der Waals surface area contributed by atoms with E-state index in [1.165, 1.54) is 12.0 Å². The van der Waals surface area contributed by atoms with E-state index in [0.717, 1.165) is 23.1 Å². The summed E-state index contributed by atoms with van der Waals surface area (Å²) in [5.41, 5.74) is 2.42. The fourth-order valence-corrected chi connectivity index (χ4v) is 3.57. The van der Waals surface area contributed by atoms with Crippen LogP contribution in [0.25, 0.3) is 0 Å². The van der Waals surface area contributed by atoms with Gasteiger partial charge in [-0.3, -0.25) is 4.90 Å². The number of hydrogen-bond donors (Lipinski definition) is 1. The maximum Gasteiger partial charge on any atom is 0.120 e. The van der Waals surface area contributed by atoms with Crippen molar-refractivity contribution < 1.29 is 5.11 Å². The van der Waals surface area contributed by atoms with Crippen LogP contribution in [0.15, 0.2) is 53.0 Å². The summed E-state index contributed by atoms with van der Waals surface area (Å²) < 4.78 is 1.01. The molecule has 0 saturated carbocycles. The van der Waals surface area contributed by atoms with Crippen molar-refractivity contribution in [3.05, 3.63) is 64.1 Å². The quantitative estimate of drug-likeness (QED) is 0.870. The van der Waals surface area contributed by atoms with E-state index in [1.807, 2.05) is 12.1 Å². The molecule has 0 radical (unpaired) electrons. The Bertz CT molecular complexity index is 614. The van der Waals surface area contributed by atoms with E-state index in [4.69, 9.17) is 0 Å². The van der Waals surface area contributed by atoms with Gasteiger partial charge in [0.25, 0.3) is 0 Å². The van der Waals surface area contributed by atoms with Crippen molar-refractivity contribution in [2.45, 2.75) is 25.3 Å². The standard InChI is InChI=1S/C18H20BrNO/c1-13(17-11-16(19)7-8-18(17)21)20-10-9-15(12-20)14-5-3-2-4-6-14/h2-8,11,13,15,21H,9-10,12H2,1H3. The largest absolute Gasteiger partial charge is 0.508 e. The van der Waals surface area contributed by atoms with Gasteiger partial charge < -0.3 is 5.11 Å². The van der Waals surface area contributed by atoms with E-state index >= 15 is 0 Å². The molecule has 0 bridgehead atoms. The van der Waals surface area contributed by atoms with Crippen LogP contribution in [0.5, 0.6) is 5.75 Å². The number of aromatic hydroxyl groups is 1. The van der Waals surface area contributed by atoms with Crippen molar-refractivity contribution in [2.24, 2.45) is 0 Å². The van der Waals surface area contributed by atoms with Gasteiger partial charge in [-0.2, -0.15) is 0 Å². The lowest BCUT2D eigenvalue weighted by molar-refractivity contribution is 0.254. The van der Waals surface area contributed by atoms with E-state index in [9.17, 15) is 5.11 Å². The summed E-state index contributed by atoms with van der Waals surface area (Å²) in [7, 11) is 0. The van der Waals surface area contributed by atoms with Crippen LogP contribution in [0.1, 0.15) is 36.4 Å². The van der Waals surface area contributed by atoms with Gasteiger partial charge in [0.2, 0.25) is 0 Å². The summed E-state index contributed by atoms with van der Waals surface area (Å²) >= 11 is 3.49. The molecule has 0 spiro atoms. The SMILES string of the molecule is CC(c1cc(Br)ccc1O)N1CCC(c2ccccc2)C1. The third-order valence-corrected chi connectivity index (χ3v) is 4.97. The van der Waals surface area contributed by atoms with E-state index < -0.39 is 0 Å². The summed E-state index contributed by atoms with van der Waals surface area (Å²) in [4.78, 5) is 2.46. The van der Waals surface area contributed by atoms with E-state index in [2.05, 4.69) is 58.1 Å². The monoisotopic (exact) mass is 345 g/mol. The Hall–Kier alpha value is -1.32. The minimum absolute atomic E-state index is 0.233. The molecular weight excluding hydrogens is 326 g/mol. The molecule has 3 heteroatoms. The van der Waals surface area contributed by atoms with Gasteiger partial charge in [-0.25, -0.2) is 0 Å². The normalized spacial score (nSPS) is 20.6. The first-order chi connectivity index (χ1) is 10.1. The Morgan fingerprint density at radius 3 is 2.71 bits per heavy atom. The predicted molar refractivity (Wildman–Crippen MR) is 89.6 cm³/mol. The zero-order chi connectivity index (χ0) is 14.8. The third kappa shape index (κ3) is 3.14. The summed E-state index contributed by atoms with van der Waals surface area (Å²) in [6.45, 7) is 4.30. The predicted octanol–water partition coefficient (Wildman–Crippen LogP) is 4.71. The Morgan fingerprint density at radius 2 is 1.95 bits per heavy atom. The molecule has 1 aliphatic rings. The van der Waals surface area contributed by atoms with Gasteiger partial charge in [0.05, 0.1) is 0 Å². The molecule has 2 aromatic rings. The molecular formula is C18H20BrNO. The highest BCUT2D eigenvalue weighted by Gasteiger charge is 2.28. The second-order valence-corrected chi connectivity index (χ2v) is 6.69. The number of benzene rings is 2. The molecule has 21 heavy (non-hydrogen) atoms. The maximum atomic E-state index is 10.1. The number of phenolic OH excluding ortho intramolecular Hbond substituents is 1. The van der Waals surface area contributed by atoms with Gasteiger partial charge in [-0.1, -0.05) is 46.3 Å². The molecule has 1 fully saturated rings. The van der Waals surface area contributed by atoms with Crippen LogP contribution in [0.2, 0.25) is 0 Å². The lowest BCUT2D eigenvalue weighted by Crippen LogP contribution is -2.24. The minimum Gasteiger partial charge on any atom is -0.508 e. The zero-order valence-corrected chi connectivity index (χ0v) is 13.8. The molecule has 1 N–H and O–H groups in total. The summed E-state index contributed by atoms with van der Waals surface area (Å²) in [6, 6.07) is 16.6. The molecule has 0 aromatic heterocycles. The summed E-state index contributed by atoms with van der Waals surface area (Å²) in [6.07, 6.45) is 1.18. The molecule has 2 atom stereocenters. The molecule has 1 aliphatic heterocycles. The van der Waals surface area contributed by atoms with Crippen LogP contribution in [-0.2, 0) is 0 Å². The highest BCUT2D eigenvalue weighted by Crippen LogP contribution is 2.36. The Morgan fingerprint density at radius 1 is 1.19 bits per heavy atom. The van der Waals surface area contributed by atoms with Crippen molar-refractivity contribution in [1.82, 2.24) is 4.90 Å². The number of likely N-dealkylation sites (tertiary alicyclic amines) is 1. The van der Waals surface area contributed by atoms with Crippen molar-refractivity contribution in [3.8, 4) is 5.75 Å². The van der Waals surface area contributed by atoms with Crippen LogP contribution in [0.4, 0.5) is 0 Å². The lowest BCUT2D eigenvalue weighted by Gasteiger charge is -2.25. The van der Waals surface area contributed by atoms with Crippen LogP contribution in [0.3, 0.4) is 0 Å². The number of phenols is 1. The van der Waals surface area contributed by atoms with Gasteiger partial charge >= 0.3 is 0 Å². The van der Waals surface area contributed by atoms with Gasteiger partial charge in [0.15, 0.2) is 0 Å². The maximum absolute atomic E-state index is 10.1. The first kappa shape index (κ1) is 14.6. The molecule has 110 valence electrons. The van der Waals surface area contributed by atoms with Crippen molar-refractivity contribution in [3.63, 3.8) is 0 Å². The fraction of sp³-hybridized carbons (Fsp3) is 0.333. The highest BCUT2D eigenvalue weighted by atomic mass is 79.9. The van der Waals surface area contributed by atoms with Crippen LogP contribution in [0, 0.1) is 0 Å². The highest BCUT2D eigenvalue weighted by molar-refractivity contribution is 9.10. The molecule has 0 aliphatic carbocycles. The Kier molecular flexibility index (Phi) is 4.32. The van der Waals surface area contributed by atoms with Crippen LogP contribution in [-0.4, -0.2) is 23.1 Å². The van der Waals surface area contributed by atoms with Crippen molar-refractivity contribution in [2.75, 3.05) is 13.1 Å². The smallest absolute Gasteiger partial charge is 0.120 e. The molecule has 2 aromatic carbocycles. The average Bonchev–Trinajstić information content (AvgIpc) is 3.00. The number of hydrogen-bond acceptors (Lipinski definition) is 2. The van der Waals surface area contributed by atoms with Crippen molar-refractivity contribution >= 4 is 15.9 Å². The van der Waals surface area contributed by atoms with Crippen LogP contribution < -0.4 is 0 Å². The zero-order valence-electron chi connectivity index (χ0n) is 12.2. The lowest BCUT2D eigenvalue weighted by atomic mass is 9.98. The number of nitrogens with zero attached hydrogens (tertiary/aromatic N) is 1. The fourth-order valence-electron chi connectivity index (χ4n) is 3.19. The molecule has 2 nitrogen and oxygen atoms in total. The van der Waals surface area contributed by atoms with Crippen molar-refractivity contribution in [1.29, 1.82) is 0 Å². The Balaban J connectivity index is 1.75. The van der Waals surface area contributed by atoms with Gasteiger partial charge in [0.1, 0.15) is 5.75 Å². The summed E-state index contributed by atoms with van der Waals surface area (Å²) in [5.74, 6) is 0.983. The first-order valence-electron chi connectivity index (χ1n) is 7.42. The van der Waals surface area contributed by atoms with E-state index in [0.29, 0.717) is 11.7 Å². The molecule has 1 heterocycles.